The molecule has 0 bridgehead atoms. The van der Waals surface area contributed by atoms with E-state index >= 15 is 0 Å². The normalized spacial score (nSPS) is 11.8. The third-order valence-electron chi connectivity index (χ3n) is 9.09. The number of hydrogen-bond donors (Lipinski definition) is 0. The second-order valence-electron chi connectivity index (χ2n) is 12.0. The highest BCUT2D eigenvalue weighted by atomic mass is 16.3. The largest absolute Gasteiger partial charge is 0.456 e. The second-order valence-corrected chi connectivity index (χ2v) is 12.0. The van der Waals surface area contributed by atoms with Gasteiger partial charge in [0.25, 0.3) is 0 Å². The van der Waals surface area contributed by atoms with Crippen molar-refractivity contribution in [3.05, 3.63) is 152 Å². The van der Waals surface area contributed by atoms with Gasteiger partial charge in [-0.15, -0.1) is 0 Å². The first-order valence-electron chi connectivity index (χ1n) is 15.9. The maximum atomic E-state index is 6.68. The number of hydrogen-bond acceptors (Lipinski definition) is 5. The quantitative estimate of drug-likeness (QED) is 0.197. The minimum Gasteiger partial charge on any atom is -0.456 e. The van der Waals surface area contributed by atoms with E-state index in [1.165, 1.54) is 0 Å². The topological polar surface area (TPSA) is 65.0 Å². The van der Waals surface area contributed by atoms with Crippen molar-refractivity contribution in [2.24, 2.45) is 0 Å². The fraction of sp³-hybridized carbons (Fsp3) is 0. The summed E-state index contributed by atoms with van der Waals surface area (Å²) >= 11 is 0. The molecule has 0 radical (unpaired) electrons. The van der Waals surface area contributed by atoms with Crippen molar-refractivity contribution in [1.82, 2.24) is 15.0 Å². The molecule has 5 heteroatoms. The molecular weight excluding hydrogens is 590 g/mol. The molecule has 0 N–H and O–H groups in total. The van der Waals surface area contributed by atoms with E-state index in [-0.39, 0.29) is 0 Å². The van der Waals surface area contributed by atoms with E-state index < -0.39 is 0 Å². The Hall–Kier alpha value is -6.59. The van der Waals surface area contributed by atoms with Crippen LogP contribution in [0.25, 0.3) is 99.9 Å². The first kappa shape index (κ1) is 26.6. The average Bonchev–Trinajstić information content (AvgIpc) is 3.72. The van der Waals surface area contributed by atoms with E-state index in [4.69, 9.17) is 23.8 Å². The minimum atomic E-state index is 0.571. The van der Waals surface area contributed by atoms with Gasteiger partial charge in [-0.3, -0.25) is 0 Å². The van der Waals surface area contributed by atoms with Crippen molar-refractivity contribution < 1.29 is 8.83 Å². The van der Waals surface area contributed by atoms with Crippen LogP contribution in [0.1, 0.15) is 0 Å². The molecule has 0 unspecified atom stereocenters. The number of furan rings is 2. The summed E-state index contributed by atoms with van der Waals surface area (Å²) in [5.41, 5.74) is 7.87. The van der Waals surface area contributed by atoms with Crippen LogP contribution in [-0.2, 0) is 0 Å². The van der Waals surface area contributed by atoms with E-state index in [0.29, 0.717) is 17.5 Å². The van der Waals surface area contributed by atoms with Gasteiger partial charge in [-0.25, -0.2) is 15.0 Å². The Morgan fingerprint density at radius 3 is 1.73 bits per heavy atom. The lowest BCUT2D eigenvalue weighted by Gasteiger charge is -2.11. The van der Waals surface area contributed by atoms with Gasteiger partial charge >= 0.3 is 0 Å². The fourth-order valence-corrected chi connectivity index (χ4v) is 6.83. The monoisotopic (exact) mass is 615 g/mol. The average molecular weight is 616 g/mol. The van der Waals surface area contributed by atoms with Crippen molar-refractivity contribution in [3.63, 3.8) is 0 Å². The zero-order valence-electron chi connectivity index (χ0n) is 25.6. The number of rotatable bonds is 4. The predicted molar refractivity (Wildman–Crippen MR) is 194 cm³/mol. The zero-order valence-corrected chi connectivity index (χ0v) is 25.6. The highest BCUT2D eigenvalue weighted by molar-refractivity contribution is 6.17. The maximum absolute atomic E-state index is 6.68. The van der Waals surface area contributed by atoms with Crippen molar-refractivity contribution in [2.45, 2.75) is 0 Å². The third-order valence-corrected chi connectivity index (χ3v) is 9.09. The van der Waals surface area contributed by atoms with Crippen LogP contribution in [0.3, 0.4) is 0 Å². The molecule has 224 valence electrons. The summed E-state index contributed by atoms with van der Waals surface area (Å²) in [6.45, 7) is 0. The highest BCUT2D eigenvalue weighted by Gasteiger charge is 2.21. The summed E-state index contributed by atoms with van der Waals surface area (Å²) in [6, 6.07) is 51.5. The van der Waals surface area contributed by atoms with Gasteiger partial charge in [0.05, 0.1) is 0 Å². The summed E-state index contributed by atoms with van der Waals surface area (Å²) in [5, 5.41) is 6.38. The Labute approximate surface area is 274 Å². The summed E-state index contributed by atoms with van der Waals surface area (Å²) in [5.74, 6) is 1.79. The van der Waals surface area contributed by atoms with Gasteiger partial charge in [-0.05, 0) is 46.7 Å². The Kier molecular flexibility index (Phi) is 5.81. The standard InChI is InChI=1S/C43H25N3O2/c1-3-12-26(13-4-1)41-44-42(27-14-5-2-6-15-27)46-43(45-41)35-23-30(31-19-11-20-33-32-18-9-10-21-36(32)48-40(31)33)25-38-39(35)34-22-28-16-7-8-17-29(28)24-37(34)47-38/h1-25H. The molecule has 5 nitrogen and oxygen atoms in total. The first-order chi connectivity index (χ1) is 23.8. The van der Waals surface area contributed by atoms with Crippen LogP contribution in [0.5, 0.6) is 0 Å². The first-order valence-corrected chi connectivity index (χ1v) is 15.9. The van der Waals surface area contributed by atoms with E-state index in [2.05, 4.69) is 72.8 Å². The molecule has 0 spiro atoms. The van der Waals surface area contributed by atoms with Gasteiger partial charge in [0.2, 0.25) is 0 Å². The molecule has 0 aliphatic rings. The van der Waals surface area contributed by atoms with Gasteiger partial charge in [-0.2, -0.15) is 0 Å². The number of aromatic nitrogens is 3. The molecule has 0 amide bonds. The summed E-state index contributed by atoms with van der Waals surface area (Å²) in [7, 11) is 0. The summed E-state index contributed by atoms with van der Waals surface area (Å²) in [6.07, 6.45) is 0. The SMILES string of the molecule is c1ccc(-c2nc(-c3ccccc3)nc(-c3cc(-c4cccc5c4oc4ccccc45)cc4oc5cc6ccccc6cc5c34)n2)cc1. The maximum Gasteiger partial charge on any atom is 0.164 e. The van der Waals surface area contributed by atoms with Crippen LogP contribution in [-0.4, -0.2) is 15.0 Å². The van der Waals surface area contributed by atoms with E-state index in [9.17, 15) is 0 Å². The van der Waals surface area contributed by atoms with Crippen LogP contribution < -0.4 is 0 Å². The minimum absolute atomic E-state index is 0.571. The van der Waals surface area contributed by atoms with Gasteiger partial charge < -0.3 is 8.83 Å². The van der Waals surface area contributed by atoms with Crippen LogP contribution in [0, 0.1) is 0 Å². The fourth-order valence-electron chi connectivity index (χ4n) is 6.83. The Bertz CT molecular complexity index is 2780. The van der Waals surface area contributed by atoms with Gasteiger partial charge in [0.1, 0.15) is 22.3 Å². The number of nitrogens with zero attached hydrogens (tertiary/aromatic N) is 3. The molecule has 3 aromatic heterocycles. The van der Waals surface area contributed by atoms with Gasteiger partial charge in [0.15, 0.2) is 17.5 Å². The molecule has 10 rings (SSSR count). The molecule has 7 aromatic carbocycles. The predicted octanol–water partition coefficient (Wildman–Crippen LogP) is 11.5. The Morgan fingerprint density at radius 2 is 0.979 bits per heavy atom. The molecule has 0 saturated heterocycles. The van der Waals surface area contributed by atoms with Gasteiger partial charge in [-0.1, -0.05) is 121 Å². The van der Waals surface area contributed by atoms with E-state index in [1.807, 2.05) is 78.9 Å². The summed E-state index contributed by atoms with van der Waals surface area (Å²) < 4.78 is 13.2. The highest BCUT2D eigenvalue weighted by Crippen LogP contribution is 2.43. The lowest BCUT2D eigenvalue weighted by Crippen LogP contribution is -2.00. The third kappa shape index (κ3) is 4.22. The molecule has 0 saturated carbocycles. The zero-order chi connectivity index (χ0) is 31.6. The number of para-hydroxylation sites is 2. The van der Waals surface area contributed by atoms with Crippen molar-refractivity contribution in [1.29, 1.82) is 0 Å². The smallest absolute Gasteiger partial charge is 0.164 e. The van der Waals surface area contributed by atoms with Crippen LogP contribution in [0.2, 0.25) is 0 Å². The lowest BCUT2D eigenvalue weighted by molar-refractivity contribution is 0.668. The molecule has 3 heterocycles. The molecule has 0 atom stereocenters. The van der Waals surface area contributed by atoms with Gasteiger partial charge in [0, 0.05) is 43.8 Å². The molecule has 0 aliphatic carbocycles. The van der Waals surface area contributed by atoms with Crippen molar-refractivity contribution in [2.75, 3.05) is 0 Å². The Balaban J connectivity index is 1.31. The molecule has 48 heavy (non-hydrogen) atoms. The summed E-state index contributed by atoms with van der Waals surface area (Å²) in [4.78, 5) is 15.2. The molecular formula is C43H25N3O2. The molecule has 0 fully saturated rings. The number of benzene rings is 7. The lowest BCUT2D eigenvalue weighted by atomic mass is 9.96. The van der Waals surface area contributed by atoms with Crippen molar-refractivity contribution >= 4 is 54.6 Å². The molecule has 0 aliphatic heterocycles. The second kappa shape index (κ2) is 10.5. The van der Waals surface area contributed by atoms with E-state index in [1.54, 1.807) is 0 Å². The number of fused-ring (bicyclic) bond motifs is 7. The van der Waals surface area contributed by atoms with Crippen molar-refractivity contribution in [3.8, 4) is 45.3 Å². The van der Waals surface area contributed by atoms with Crippen LogP contribution in [0.4, 0.5) is 0 Å². The van der Waals surface area contributed by atoms with Crippen LogP contribution in [0.15, 0.2) is 160 Å². The Morgan fingerprint density at radius 1 is 0.354 bits per heavy atom. The molecule has 10 aromatic rings. The van der Waals surface area contributed by atoms with Crippen LogP contribution >= 0.6 is 0 Å². The van der Waals surface area contributed by atoms with E-state index in [0.717, 1.165) is 82.5 Å².